The molecule has 2 aromatic rings. The summed E-state index contributed by atoms with van der Waals surface area (Å²) in [5, 5.41) is 0. The second-order valence-electron chi connectivity index (χ2n) is 4.19. The number of imidazole rings is 1. The van der Waals surface area contributed by atoms with Gasteiger partial charge < -0.3 is 4.98 Å². The Balaban J connectivity index is 2.65. The fraction of sp³-hybridized carbons (Fsp3) is 0.400. The van der Waals surface area contributed by atoms with E-state index in [9.17, 15) is 14.4 Å². The summed E-state index contributed by atoms with van der Waals surface area (Å²) in [6.07, 6.45) is 1.43. The van der Waals surface area contributed by atoms with Crippen LogP contribution in [0.4, 0.5) is 0 Å². The van der Waals surface area contributed by atoms with E-state index in [0.717, 1.165) is 0 Å². The molecule has 90 valence electrons. The minimum atomic E-state index is -0.750. The molecular weight excluding hydrogens is 224 g/mol. The Kier molecular flexibility index (Phi) is 2.66. The molecule has 0 saturated carbocycles. The van der Waals surface area contributed by atoms with Crippen molar-refractivity contribution in [3.63, 3.8) is 0 Å². The summed E-state index contributed by atoms with van der Waals surface area (Å²) in [6.45, 7) is 3.68. The first-order valence-electron chi connectivity index (χ1n) is 5.22. The van der Waals surface area contributed by atoms with Crippen LogP contribution < -0.4 is 11.2 Å². The van der Waals surface area contributed by atoms with Gasteiger partial charge in [-0.15, -0.1) is 0 Å². The van der Waals surface area contributed by atoms with Crippen LogP contribution in [-0.4, -0.2) is 25.4 Å². The molecule has 2 heterocycles. The molecule has 2 rings (SSSR count). The Morgan fingerprint density at radius 3 is 2.82 bits per heavy atom. The van der Waals surface area contributed by atoms with Crippen LogP contribution in [0.1, 0.15) is 25.1 Å². The summed E-state index contributed by atoms with van der Waals surface area (Å²) >= 11 is 0. The number of fused-ring (bicyclic) bond motifs is 1. The quantitative estimate of drug-likeness (QED) is 0.772. The number of nitrogens with one attached hydrogen (secondary N) is 2. The molecule has 0 bridgehead atoms. The topological polar surface area (TPSA) is 101 Å². The Morgan fingerprint density at radius 1 is 1.47 bits per heavy atom. The van der Waals surface area contributed by atoms with Crippen LogP contribution in [0.2, 0.25) is 0 Å². The maximum absolute atomic E-state index is 11.9. The molecule has 2 aromatic heterocycles. The lowest BCUT2D eigenvalue weighted by atomic mass is 10.1. The first-order valence-corrected chi connectivity index (χ1v) is 5.22. The maximum atomic E-state index is 11.9. The van der Waals surface area contributed by atoms with Crippen molar-refractivity contribution in [2.45, 2.75) is 20.3 Å². The van der Waals surface area contributed by atoms with Gasteiger partial charge in [0.1, 0.15) is 5.52 Å². The molecule has 0 aliphatic carbocycles. The number of nitrogens with zero attached hydrogens (tertiary/aromatic N) is 2. The van der Waals surface area contributed by atoms with E-state index < -0.39 is 17.2 Å². The van der Waals surface area contributed by atoms with E-state index in [4.69, 9.17) is 0 Å². The Labute approximate surface area is 95.5 Å². The van der Waals surface area contributed by atoms with Gasteiger partial charge >= 0.3 is 5.69 Å². The molecular formula is C10H12N4O3. The highest BCUT2D eigenvalue weighted by atomic mass is 16.2. The molecule has 0 saturated heterocycles. The summed E-state index contributed by atoms with van der Waals surface area (Å²) in [5.74, 6) is -0.436. The van der Waals surface area contributed by atoms with Gasteiger partial charge in [0.05, 0.1) is 6.33 Å². The van der Waals surface area contributed by atoms with Crippen LogP contribution >= 0.6 is 0 Å². The fourth-order valence-electron chi connectivity index (χ4n) is 1.58. The van der Waals surface area contributed by atoms with Gasteiger partial charge in [-0.25, -0.2) is 9.78 Å². The van der Waals surface area contributed by atoms with Crippen molar-refractivity contribution in [3.8, 4) is 0 Å². The predicted octanol–water partition coefficient (Wildman–Crippen LogP) is 0.0992. The standard InChI is InChI=1S/C10H12N4O3/c1-5(2)3-6(15)14-9(16)7-8(12-4-11-7)13-10(14)17/h4-5H,3H2,1-2H3,(H,11,12)(H,13,17). The van der Waals surface area contributed by atoms with E-state index >= 15 is 0 Å². The van der Waals surface area contributed by atoms with Crippen molar-refractivity contribution >= 4 is 17.1 Å². The smallest absolute Gasteiger partial charge is 0.337 e. The van der Waals surface area contributed by atoms with Crippen LogP contribution in [0.5, 0.6) is 0 Å². The van der Waals surface area contributed by atoms with Crippen LogP contribution in [0.3, 0.4) is 0 Å². The molecule has 0 unspecified atom stereocenters. The molecule has 7 heteroatoms. The van der Waals surface area contributed by atoms with E-state index in [0.29, 0.717) is 4.57 Å². The van der Waals surface area contributed by atoms with Gasteiger partial charge in [0.25, 0.3) is 5.56 Å². The largest absolute Gasteiger partial charge is 0.339 e. The Hall–Kier alpha value is -2.18. The number of H-pyrrole nitrogens is 2. The monoisotopic (exact) mass is 236 g/mol. The SMILES string of the molecule is CC(C)CC(=O)n1c(=O)[nH]c2nc[nH]c2c1=O. The van der Waals surface area contributed by atoms with Crippen LogP contribution in [0, 0.1) is 5.92 Å². The first kappa shape index (κ1) is 11.3. The van der Waals surface area contributed by atoms with E-state index in [1.807, 2.05) is 13.8 Å². The number of hydrogen-bond donors (Lipinski definition) is 2. The van der Waals surface area contributed by atoms with Crippen molar-refractivity contribution in [1.29, 1.82) is 0 Å². The summed E-state index contributed by atoms with van der Waals surface area (Å²) in [4.78, 5) is 44.0. The summed E-state index contributed by atoms with van der Waals surface area (Å²) in [5.41, 5.74) is -1.12. The number of carbonyl (C=O) groups excluding carboxylic acids is 1. The van der Waals surface area contributed by atoms with Gasteiger partial charge in [-0.05, 0) is 5.92 Å². The van der Waals surface area contributed by atoms with Crippen LogP contribution in [0.25, 0.3) is 11.2 Å². The highest BCUT2D eigenvalue weighted by Crippen LogP contribution is 2.01. The molecule has 17 heavy (non-hydrogen) atoms. The summed E-state index contributed by atoms with van der Waals surface area (Å²) < 4.78 is 0.612. The molecule has 7 nitrogen and oxygen atoms in total. The fourth-order valence-corrected chi connectivity index (χ4v) is 1.58. The average Bonchev–Trinajstić information content (AvgIpc) is 2.64. The molecule has 0 aliphatic rings. The van der Waals surface area contributed by atoms with Crippen molar-refractivity contribution in [2.75, 3.05) is 0 Å². The van der Waals surface area contributed by atoms with Crippen molar-refractivity contribution in [2.24, 2.45) is 5.92 Å². The van der Waals surface area contributed by atoms with Gasteiger partial charge in [0, 0.05) is 6.42 Å². The minimum absolute atomic E-state index is 0.0752. The molecule has 0 amide bonds. The lowest BCUT2D eigenvalue weighted by Gasteiger charge is -2.04. The molecule has 0 aliphatic heterocycles. The zero-order valence-electron chi connectivity index (χ0n) is 9.48. The molecule has 0 spiro atoms. The Bertz CT molecular complexity index is 677. The van der Waals surface area contributed by atoms with Crippen molar-refractivity contribution in [3.05, 3.63) is 27.2 Å². The van der Waals surface area contributed by atoms with Crippen LogP contribution in [-0.2, 0) is 0 Å². The zero-order chi connectivity index (χ0) is 12.6. The van der Waals surface area contributed by atoms with E-state index in [2.05, 4.69) is 15.0 Å². The normalized spacial score (nSPS) is 11.2. The van der Waals surface area contributed by atoms with E-state index in [1.165, 1.54) is 6.33 Å². The predicted molar refractivity (Wildman–Crippen MR) is 61.1 cm³/mol. The minimum Gasteiger partial charge on any atom is -0.339 e. The van der Waals surface area contributed by atoms with Gasteiger partial charge in [-0.2, -0.15) is 4.57 Å². The summed E-state index contributed by atoms with van der Waals surface area (Å²) in [7, 11) is 0. The van der Waals surface area contributed by atoms with Gasteiger partial charge in [0.15, 0.2) is 5.65 Å². The zero-order valence-corrected chi connectivity index (χ0v) is 9.48. The Morgan fingerprint density at radius 2 is 2.18 bits per heavy atom. The molecule has 2 N–H and O–H groups in total. The second-order valence-corrected chi connectivity index (χ2v) is 4.19. The number of aromatic nitrogens is 4. The second kappa shape index (κ2) is 4.00. The van der Waals surface area contributed by atoms with Crippen LogP contribution in [0.15, 0.2) is 15.9 Å². The highest BCUT2D eigenvalue weighted by Gasteiger charge is 2.16. The van der Waals surface area contributed by atoms with Crippen molar-refractivity contribution in [1.82, 2.24) is 19.5 Å². The molecule has 0 atom stereocenters. The van der Waals surface area contributed by atoms with Gasteiger partial charge in [0.2, 0.25) is 5.91 Å². The number of hydrogen-bond acceptors (Lipinski definition) is 4. The maximum Gasteiger partial charge on any atom is 0.337 e. The lowest BCUT2D eigenvalue weighted by molar-refractivity contribution is 0.0877. The average molecular weight is 236 g/mol. The van der Waals surface area contributed by atoms with Crippen molar-refractivity contribution < 1.29 is 4.79 Å². The van der Waals surface area contributed by atoms with E-state index in [-0.39, 0.29) is 23.5 Å². The summed E-state index contributed by atoms with van der Waals surface area (Å²) in [6, 6.07) is 0. The lowest BCUT2D eigenvalue weighted by Crippen LogP contribution is -2.40. The van der Waals surface area contributed by atoms with E-state index in [1.54, 1.807) is 0 Å². The third-order valence-corrected chi connectivity index (χ3v) is 2.32. The molecule has 0 radical (unpaired) electrons. The number of carbonyl (C=O) groups is 1. The highest BCUT2D eigenvalue weighted by molar-refractivity contribution is 5.81. The van der Waals surface area contributed by atoms with Gasteiger partial charge in [-0.1, -0.05) is 13.8 Å². The number of aromatic amines is 2. The number of rotatable bonds is 2. The first-order chi connectivity index (χ1) is 8.00. The molecule has 0 fully saturated rings. The third kappa shape index (κ3) is 1.91. The van der Waals surface area contributed by atoms with Gasteiger partial charge in [-0.3, -0.25) is 14.6 Å². The molecule has 0 aromatic carbocycles. The third-order valence-electron chi connectivity index (χ3n) is 2.32.